The summed E-state index contributed by atoms with van der Waals surface area (Å²) in [5.74, 6) is 1.69. The second-order valence-corrected chi connectivity index (χ2v) is 4.48. The molecule has 1 heteroatoms. The van der Waals surface area contributed by atoms with Gasteiger partial charge in [-0.25, -0.2) is 0 Å². The lowest BCUT2D eigenvalue weighted by Crippen LogP contribution is -1.97. The Hall–Kier alpha value is -0.300. The van der Waals surface area contributed by atoms with Gasteiger partial charge in [0.1, 0.15) is 0 Å². The summed E-state index contributed by atoms with van der Waals surface area (Å²) in [6.07, 6.45) is 4.72. The molecule has 0 heterocycles. The maximum absolute atomic E-state index is 8.93. The molecule has 0 aliphatic heterocycles. The van der Waals surface area contributed by atoms with Gasteiger partial charge in [-0.3, -0.25) is 0 Å². The van der Waals surface area contributed by atoms with Crippen LogP contribution in [0.5, 0.6) is 0 Å². The van der Waals surface area contributed by atoms with E-state index >= 15 is 0 Å². The highest BCUT2D eigenvalue weighted by molar-refractivity contribution is 5.23. The second-order valence-electron chi connectivity index (χ2n) is 4.48. The molecule has 1 nitrogen and oxygen atoms in total. The fourth-order valence-electron chi connectivity index (χ4n) is 2.48. The fourth-order valence-corrected chi connectivity index (χ4v) is 2.48. The largest absolute Gasteiger partial charge is 0.392 e. The highest BCUT2D eigenvalue weighted by Crippen LogP contribution is 2.63. The summed E-state index contributed by atoms with van der Waals surface area (Å²) in [5, 5.41) is 8.93. The molecule has 0 aromatic heterocycles. The molecule has 2 unspecified atom stereocenters. The molecular formula is C10H16O. The molecule has 1 saturated carbocycles. The Labute approximate surface area is 68.1 Å². The number of hydrogen-bond acceptors (Lipinski definition) is 1. The molecule has 0 radical (unpaired) electrons. The summed E-state index contributed by atoms with van der Waals surface area (Å²) in [4.78, 5) is 0. The van der Waals surface area contributed by atoms with Crippen molar-refractivity contribution in [3.8, 4) is 0 Å². The molecule has 2 aliphatic rings. The zero-order valence-electron chi connectivity index (χ0n) is 7.30. The first kappa shape index (κ1) is 7.35. The molecule has 62 valence electrons. The normalized spacial score (nSPS) is 39.4. The minimum Gasteiger partial charge on any atom is -0.392 e. The van der Waals surface area contributed by atoms with Crippen LogP contribution >= 0.6 is 0 Å². The van der Waals surface area contributed by atoms with Crippen LogP contribution in [-0.2, 0) is 0 Å². The van der Waals surface area contributed by atoms with E-state index in [0.29, 0.717) is 5.41 Å². The van der Waals surface area contributed by atoms with Crippen LogP contribution < -0.4 is 0 Å². The van der Waals surface area contributed by atoms with E-state index in [1.165, 1.54) is 12.0 Å². The molecule has 0 saturated heterocycles. The molecule has 2 rings (SSSR count). The molecule has 2 aliphatic carbocycles. The molecule has 0 aromatic rings. The Morgan fingerprint density at radius 2 is 2.36 bits per heavy atom. The van der Waals surface area contributed by atoms with Gasteiger partial charge in [0.25, 0.3) is 0 Å². The van der Waals surface area contributed by atoms with E-state index in [1.807, 2.05) is 0 Å². The Bertz CT molecular complexity index is 203. The van der Waals surface area contributed by atoms with Gasteiger partial charge in [0.05, 0.1) is 6.61 Å². The van der Waals surface area contributed by atoms with Gasteiger partial charge in [0.2, 0.25) is 0 Å². The Morgan fingerprint density at radius 1 is 1.64 bits per heavy atom. The van der Waals surface area contributed by atoms with Crippen LogP contribution in [0.1, 0.15) is 26.7 Å². The molecule has 2 atom stereocenters. The minimum atomic E-state index is 0.277. The van der Waals surface area contributed by atoms with Gasteiger partial charge in [0.15, 0.2) is 0 Å². The van der Waals surface area contributed by atoms with Crippen molar-refractivity contribution in [3.63, 3.8) is 0 Å². The standard InChI is InChI=1S/C10H16O/c1-10(2)8-4-3-7(6-11)5-9(8)10/h5,8-9,11H,3-4,6H2,1-2H3. The SMILES string of the molecule is CC1(C)C2C=C(CO)CCC21. The summed E-state index contributed by atoms with van der Waals surface area (Å²) < 4.78 is 0. The number of allylic oxidation sites excluding steroid dienone is 1. The molecular weight excluding hydrogens is 136 g/mol. The number of fused-ring (bicyclic) bond motifs is 1. The van der Waals surface area contributed by atoms with E-state index in [9.17, 15) is 0 Å². The first-order valence-electron chi connectivity index (χ1n) is 4.46. The highest BCUT2D eigenvalue weighted by Gasteiger charge is 2.56. The maximum Gasteiger partial charge on any atom is 0.0641 e. The van der Waals surface area contributed by atoms with Crippen LogP contribution in [-0.4, -0.2) is 11.7 Å². The average Bonchev–Trinajstić information content (AvgIpc) is 2.55. The quantitative estimate of drug-likeness (QED) is 0.569. The van der Waals surface area contributed by atoms with Gasteiger partial charge in [0, 0.05) is 0 Å². The van der Waals surface area contributed by atoms with E-state index in [4.69, 9.17) is 5.11 Å². The van der Waals surface area contributed by atoms with Crippen LogP contribution in [0.15, 0.2) is 11.6 Å². The van der Waals surface area contributed by atoms with Gasteiger partial charge in [-0.1, -0.05) is 19.9 Å². The average molecular weight is 152 g/mol. The third-order valence-electron chi connectivity index (χ3n) is 3.53. The van der Waals surface area contributed by atoms with Gasteiger partial charge < -0.3 is 5.11 Å². The summed E-state index contributed by atoms with van der Waals surface area (Å²) in [5.41, 5.74) is 1.80. The number of hydrogen-bond donors (Lipinski definition) is 1. The lowest BCUT2D eigenvalue weighted by molar-refractivity contribution is 0.322. The summed E-state index contributed by atoms with van der Waals surface area (Å²) in [7, 11) is 0. The van der Waals surface area contributed by atoms with Crippen LogP contribution in [0.25, 0.3) is 0 Å². The minimum absolute atomic E-state index is 0.277. The van der Waals surface area contributed by atoms with E-state index in [-0.39, 0.29) is 6.61 Å². The molecule has 1 fully saturated rings. The van der Waals surface area contributed by atoms with Crippen molar-refractivity contribution in [2.75, 3.05) is 6.61 Å². The smallest absolute Gasteiger partial charge is 0.0641 e. The fraction of sp³-hybridized carbons (Fsp3) is 0.800. The number of rotatable bonds is 1. The molecule has 0 amide bonds. The zero-order chi connectivity index (χ0) is 8.06. The lowest BCUT2D eigenvalue weighted by atomic mass is 10.0. The Morgan fingerprint density at radius 3 is 2.91 bits per heavy atom. The summed E-state index contributed by atoms with van der Waals surface area (Å²) in [6.45, 7) is 4.94. The zero-order valence-corrected chi connectivity index (χ0v) is 7.30. The van der Waals surface area contributed by atoms with Crippen LogP contribution in [0.2, 0.25) is 0 Å². The molecule has 0 bridgehead atoms. The summed E-state index contributed by atoms with van der Waals surface area (Å²) in [6, 6.07) is 0. The van der Waals surface area contributed by atoms with Crippen molar-refractivity contribution in [2.24, 2.45) is 17.3 Å². The van der Waals surface area contributed by atoms with Crippen molar-refractivity contribution < 1.29 is 5.11 Å². The van der Waals surface area contributed by atoms with E-state index in [2.05, 4.69) is 19.9 Å². The van der Waals surface area contributed by atoms with Crippen molar-refractivity contribution >= 4 is 0 Å². The van der Waals surface area contributed by atoms with E-state index in [1.54, 1.807) is 0 Å². The Balaban J connectivity index is 2.13. The van der Waals surface area contributed by atoms with Crippen LogP contribution in [0.3, 0.4) is 0 Å². The van der Waals surface area contributed by atoms with Gasteiger partial charge in [-0.05, 0) is 35.7 Å². The third-order valence-corrected chi connectivity index (χ3v) is 3.53. The Kier molecular flexibility index (Phi) is 1.40. The first-order valence-corrected chi connectivity index (χ1v) is 4.46. The van der Waals surface area contributed by atoms with Crippen molar-refractivity contribution in [3.05, 3.63) is 11.6 Å². The topological polar surface area (TPSA) is 20.2 Å². The highest BCUT2D eigenvalue weighted by atomic mass is 16.3. The molecule has 0 aromatic carbocycles. The van der Waals surface area contributed by atoms with Crippen molar-refractivity contribution in [1.82, 2.24) is 0 Å². The van der Waals surface area contributed by atoms with Gasteiger partial charge in [-0.15, -0.1) is 0 Å². The van der Waals surface area contributed by atoms with Crippen molar-refractivity contribution in [2.45, 2.75) is 26.7 Å². The number of aliphatic hydroxyl groups is 1. The predicted molar refractivity (Wildman–Crippen MR) is 45.2 cm³/mol. The maximum atomic E-state index is 8.93. The third kappa shape index (κ3) is 0.943. The van der Waals surface area contributed by atoms with Crippen LogP contribution in [0.4, 0.5) is 0 Å². The van der Waals surface area contributed by atoms with Gasteiger partial charge in [-0.2, -0.15) is 0 Å². The molecule has 1 N–H and O–H groups in total. The second kappa shape index (κ2) is 2.10. The van der Waals surface area contributed by atoms with E-state index in [0.717, 1.165) is 18.3 Å². The van der Waals surface area contributed by atoms with Gasteiger partial charge >= 0.3 is 0 Å². The summed E-state index contributed by atoms with van der Waals surface area (Å²) >= 11 is 0. The van der Waals surface area contributed by atoms with Crippen molar-refractivity contribution in [1.29, 1.82) is 0 Å². The monoisotopic (exact) mass is 152 g/mol. The number of aliphatic hydroxyl groups excluding tert-OH is 1. The lowest BCUT2D eigenvalue weighted by Gasteiger charge is -2.07. The first-order chi connectivity index (χ1) is 5.16. The molecule has 0 spiro atoms. The van der Waals surface area contributed by atoms with E-state index < -0.39 is 0 Å². The molecule has 11 heavy (non-hydrogen) atoms. The van der Waals surface area contributed by atoms with Crippen LogP contribution in [0, 0.1) is 17.3 Å². The predicted octanol–water partition coefficient (Wildman–Crippen LogP) is 1.97.